The largest absolute Gasteiger partial charge is 0.309 e. The molecule has 0 bridgehead atoms. The molecule has 12 aromatic rings. The molecule has 0 spiro atoms. The Morgan fingerprint density at radius 3 is 1.73 bits per heavy atom. The summed E-state index contributed by atoms with van der Waals surface area (Å²) in [6.07, 6.45) is 0. The fourth-order valence-electron chi connectivity index (χ4n) is 9.04. The number of thiophene rings is 2. The van der Waals surface area contributed by atoms with E-state index in [1.807, 2.05) is 22.7 Å². The maximum absolute atomic E-state index is 2.46. The molecule has 0 unspecified atom stereocenters. The quantitative estimate of drug-likeness (QED) is 0.152. The number of nitrogens with zero attached hydrogens (tertiary/aromatic N) is 1. The molecule has 0 radical (unpaired) electrons. The third-order valence-corrected chi connectivity index (χ3v) is 14.3. The van der Waals surface area contributed by atoms with Gasteiger partial charge in [-0.05, 0) is 97.4 Å². The Morgan fingerprint density at radius 2 is 0.881 bits per heavy atom. The lowest BCUT2D eigenvalue weighted by atomic mass is 9.97. The van der Waals surface area contributed by atoms with E-state index in [4.69, 9.17) is 0 Å². The van der Waals surface area contributed by atoms with Gasteiger partial charge in [0.1, 0.15) is 0 Å². The fourth-order valence-corrected chi connectivity index (χ4v) is 11.6. The van der Waals surface area contributed by atoms with Crippen molar-refractivity contribution >= 4 is 102 Å². The maximum atomic E-state index is 2.46. The zero-order chi connectivity index (χ0) is 38.9. The monoisotopic (exact) mass is 785 g/mol. The summed E-state index contributed by atoms with van der Waals surface area (Å²) in [4.78, 5) is 2.46. The molecule has 3 heteroatoms. The fraction of sp³-hybridized carbons (Fsp3) is 0. The molecular formula is C56H35NS2. The molecule has 10 aromatic carbocycles. The van der Waals surface area contributed by atoms with Gasteiger partial charge in [0.25, 0.3) is 0 Å². The zero-order valence-corrected chi connectivity index (χ0v) is 33.6. The van der Waals surface area contributed by atoms with Gasteiger partial charge in [-0.3, -0.25) is 0 Å². The van der Waals surface area contributed by atoms with Crippen LogP contribution in [0.3, 0.4) is 0 Å². The van der Waals surface area contributed by atoms with Gasteiger partial charge < -0.3 is 4.90 Å². The van der Waals surface area contributed by atoms with E-state index in [1.54, 1.807) is 0 Å². The average molecular weight is 786 g/mol. The van der Waals surface area contributed by atoms with Crippen LogP contribution in [0.4, 0.5) is 17.1 Å². The molecule has 276 valence electrons. The third kappa shape index (κ3) is 5.66. The van der Waals surface area contributed by atoms with Crippen molar-refractivity contribution in [1.82, 2.24) is 0 Å². The van der Waals surface area contributed by atoms with Crippen LogP contribution < -0.4 is 4.90 Å². The molecule has 0 aliphatic heterocycles. The highest BCUT2D eigenvalue weighted by molar-refractivity contribution is 7.27. The summed E-state index contributed by atoms with van der Waals surface area (Å²) in [6, 6.07) is 78.1. The van der Waals surface area contributed by atoms with Crippen LogP contribution in [0.5, 0.6) is 0 Å². The van der Waals surface area contributed by atoms with E-state index >= 15 is 0 Å². The first-order valence-corrected chi connectivity index (χ1v) is 21.7. The molecular weight excluding hydrogens is 751 g/mol. The van der Waals surface area contributed by atoms with E-state index in [9.17, 15) is 0 Å². The molecule has 59 heavy (non-hydrogen) atoms. The highest BCUT2D eigenvalue weighted by Gasteiger charge is 2.21. The normalized spacial score (nSPS) is 11.7. The lowest BCUT2D eigenvalue weighted by Crippen LogP contribution is -2.10. The molecule has 0 saturated carbocycles. The van der Waals surface area contributed by atoms with E-state index in [0.29, 0.717) is 0 Å². The SMILES string of the molecule is c1ccc(-c2cccc3c2sc2c(N(c4ccc(-c5ccc6c(ccc7ccccc76)c5)cc4)c4cccc(-c5cccc6c5sc5ccccc56)c4)cccc23)cc1. The number of fused-ring (bicyclic) bond motifs is 9. The zero-order valence-electron chi connectivity index (χ0n) is 32.0. The highest BCUT2D eigenvalue weighted by Crippen LogP contribution is 2.48. The molecule has 2 aromatic heterocycles. The van der Waals surface area contributed by atoms with E-state index in [0.717, 1.165) is 11.4 Å². The van der Waals surface area contributed by atoms with Crippen molar-refractivity contribution in [3.8, 4) is 33.4 Å². The predicted octanol–water partition coefficient (Wildman–Crippen LogP) is 17.2. The van der Waals surface area contributed by atoms with Crippen LogP contribution >= 0.6 is 22.7 Å². The Morgan fingerprint density at radius 1 is 0.288 bits per heavy atom. The van der Waals surface area contributed by atoms with E-state index in [2.05, 4.69) is 217 Å². The molecule has 0 aliphatic rings. The van der Waals surface area contributed by atoms with Gasteiger partial charge in [0, 0.05) is 47.0 Å². The van der Waals surface area contributed by atoms with Crippen LogP contribution in [-0.2, 0) is 0 Å². The number of benzene rings is 10. The molecule has 0 amide bonds. The van der Waals surface area contributed by atoms with Gasteiger partial charge >= 0.3 is 0 Å². The average Bonchev–Trinajstić information content (AvgIpc) is 3.89. The second-order valence-corrected chi connectivity index (χ2v) is 17.3. The van der Waals surface area contributed by atoms with Crippen molar-refractivity contribution in [2.45, 2.75) is 0 Å². The summed E-state index contributed by atoms with van der Waals surface area (Å²) in [7, 11) is 0. The van der Waals surface area contributed by atoms with E-state index < -0.39 is 0 Å². The highest BCUT2D eigenvalue weighted by atomic mass is 32.1. The molecule has 0 fully saturated rings. The van der Waals surface area contributed by atoms with Crippen molar-refractivity contribution in [2.24, 2.45) is 0 Å². The minimum atomic E-state index is 1.12. The number of hydrogen-bond acceptors (Lipinski definition) is 3. The van der Waals surface area contributed by atoms with E-state index in [1.165, 1.54) is 101 Å². The molecule has 0 saturated heterocycles. The van der Waals surface area contributed by atoms with Crippen LogP contribution in [0, 0.1) is 0 Å². The Hall–Kier alpha value is -7.04. The molecule has 0 N–H and O–H groups in total. The molecule has 12 rings (SSSR count). The summed E-state index contributed by atoms with van der Waals surface area (Å²) in [5.74, 6) is 0. The first-order valence-electron chi connectivity index (χ1n) is 20.1. The molecule has 0 aliphatic carbocycles. The van der Waals surface area contributed by atoms with Crippen molar-refractivity contribution in [3.63, 3.8) is 0 Å². The van der Waals surface area contributed by atoms with Crippen LogP contribution in [0.15, 0.2) is 212 Å². The Labute approximate surface area is 350 Å². The molecule has 0 atom stereocenters. The first kappa shape index (κ1) is 34.0. The summed E-state index contributed by atoms with van der Waals surface area (Å²) in [6.45, 7) is 0. The topological polar surface area (TPSA) is 3.24 Å². The van der Waals surface area contributed by atoms with Crippen LogP contribution in [-0.4, -0.2) is 0 Å². The second-order valence-electron chi connectivity index (χ2n) is 15.2. The minimum absolute atomic E-state index is 1.12. The Bertz CT molecular complexity index is 3560. The smallest absolute Gasteiger partial charge is 0.0640 e. The first-order chi connectivity index (χ1) is 29.2. The Kier molecular flexibility index (Phi) is 7.97. The van der Waals surface area contributed by atoms with Gasteiger partial charge in [-0.1, -0.05) is 170 Å². The minimum Gasteiger partial charge on any atom is -0.309 e. The lowest BCUT2D eigenvalue weighted by molar-refractivity contribution is 1.30. The van der Waals surface area contributed by atoms with Gasteiger partial charge in [0.05, 0.1) is 10.4 Å². The summed E-state index contributed by atoms with van der Waals surface area (Å²) in [5.41, 5.74) is 10.8. The standard InChI is InChI=1S/C56H35NS2/c1-2-12-37(13-3-1)46-19-9-22-50-51-23-11-24-52(56(51)59-55(46)50)57(43-16-8-15-40(35-43)47-20-10-21-49-48-18-6-7-25-53(48)58-54(47)49)42-31-28-36(29-32-42)39-30-33-45-41(34-39)27-26-38-14-4-5-17-44(38)45/h1-35H. The summed E-state index contributed by atoms with van der Waals surface area (Å²) >= 11 is 3.78. The second kappa shape index (κ2) is 13.8. The van der Waals surface area contributed by atoms with Gasteiger partial charge in [0.2, 0.25) is 0 Å². The van der Waals surface area contributed by atoms with Gasteiger partial charge in [-0.2, -0.15) is 0 Å². The van der Waals surface area contributed by atoms with Crippen molar-refractivity contribution < 1.29 is 0 Å². The molecule has 1 nitrogen and oxygen atoms in total. The van der Waals surface area contributed by atoms with Gasteiger partial charge in [-0.25, -0.2) is 0 Å². The lowest BCUT2D eigenvalue weighted by Gasteiger charge is -2.27. The number of hydrogen-bond donors (Lipinski definition) is 0. The van der Waals surface area contributed by atoms with E-state index in [-0.39, 0.29) is 0 Å². The summed E-state index contributed by atoms with van der Waals surface area (Å²) in [5, 5.41) is 10.3. The van der Waals surface area contributed by atoms with Crippen molar-refractivity contribution in [1.29, 1.82) is 0 Å². The third-order valence-electron chi connectivity index (χ3n) is 11.9. The number of anilines is 3. The van der Waals surface area contributed by atoms with Crippen molar-refractivity contribution in [2.75, 3.05) is 4.90 Å². The molecule has 2 heterocycles. The predicted molar refractivity (Wildman–Crippen MR) is 258 cm³/mol. The van der Waals surface area contributed by atoms with Gasteiger partial charge in [-0.15, -0.1) is 22.7 Å². The maximum Gasteiger partial charge on any atom is 0.0640 e. The van der Waals surface area contributed by atoms with Crippen LogP contribution in [0.2, 0.25) is 0 Å². The van der Waals surface area contributed by atoms with Crippen molar-refractivity contribution in [3.05, 3.63) is 212 Å². The Balaban J connectivity index is 1.03. The summed E-state index contributed by atoms with van der Waals surface area (Å²) < 4.78 is 5.23. The van der Waals surface area contributed by atoms with Crippen LogP contribution in [0.1, 0.15) is 0 Å². The van der Waals surface area contributed by atoms with Gasteiger partial charge in [0.15, 0.2) is 0 Å². The van der Waals surface area contributed by atoms with Crippen LogP contribution in [0.25, 0.3) is 95.3 Å². The number of rotatable bonds is 6.